The number of hydrogen-bond acceptors (Lipinski definition) is 4. The molecule has 0 amide bonds. The maximum atomic E-state index is 5.89. The van der Waals surface area contributed by atoms with Crippen LogP contribution in [-0.4, -0.2) is 67.6 Å². The first-order valence-electron chi connectivity index (χ1n) is 6.28. The fourth-order valence-corrected chi connectivity index (χ4v) is 2.89. The summed E-state index contributed by atoms with van der Waals surface area (Å²) in [5.41, 5.74) is 5.89. The molecule has 0 aromatic carbocycles. The molecule has 0 aromatic heterocycles. The molecule has 0 spiro atoms. The second-order valence-electron chi connectivity index (χ2n) is 4.93. The molecule has 96 valence electrons. The molecular formula is C12H27N3S. The van der Waals surface area contributed by atoms with Gasteiger partial charge in [0, 0.05) is 31.7 Å². The molecule has 1 heterocycles. The second-order valence-corrected chi connectivity index (χ2v) is 5.91. The highest BCUT2D eigenvalue weighted by Gasteiger charge is 2.28. The van der Waals surface area contributed by atoms with Crippen molar-refractivity contribution >= 4 is 11.8 Å². The fraction of sp³-hybridized carbons (Fsp3) is 1.00. The normalized spacial score (nSPS) is 24.2. The van der Waals surface area contributed by atoms with E-state index in [1.807, 2.05) is 11.8 Å². The maximum Gasteiger partial charge on any atom is 0.0229 e. The summed E-state index contributed by atoms with van der Waals surface area (Å²) < 4.78 is 0. The Hall–Kier alpha value is 0.230. The fourth-order valence-electron chi connectivity index (χ4n) is 2.43. The van der Waals surface area contributed by atoms with Gasteiger partial charge in [0.05, 0.1) is 0 Å². The lowest BCUT2D eigenvalue weighted by Gasteiger charge is -2.27. The molecule has 1 aliphatic rings. The van der Waals surface area contributed by atoms with Gasteiger partial charge in [-0.25, -0.2) is 0 Å². The van der Waals surface area contributed by atoms with Crippen LogP contribution < -0.4 is 5.73 Å². The van der Waals surface area contributed by atoms with Gasteiger partial charge in [-0.3, -0.25) is 4.90 Å². The van der Waals surface area contributed by atoms with E-state index < -0.39 is 0 Å². The second kappa shape index (κ2) is 7.54. The molecule has 2 atom stereocenters. The average Bonchev–Trinajstić information content (AvgIpc) is 2.74. The Labute approximate surface area is 105 Å². The quantitative estimate of drug-likeness (QED) is 0.681. The molecular weight excluding hydrogens is 218 g/mol. The molecule has 0 aliphatic carbocycles. The lowest BCUT2D eigenvalue weighted by Crippen LogP contribution is -2.41. The van der Waals surface area contributed by atoms with Crippen LogP contribution in [0.25, 0.3) is 0 Å². The molecule has 0 saturated carbocycles. The first-order chi connectivity index (χ1) is 7.69. The minimum absolute atomic E-state index is 0.608. The summed E-state index contributed by atoms with van der Waals surface area (Å²) in [5, 5.41) is 0. The Morgan fingerprint density at radius 2 is 2.25 bits per heavy atom. The lowest BCUT2D eigenvalue weighted by atomic mass is 10.1. The lowest BCUT2D eigenvalue weighted by molar-refractivity contribution is 0.210. The van der Waals surface area contributed by atoms with Crippen LogP contribution >= 0.6 is 11.8 Å². The molecule has 3 nitrogen and oxygen atoms in total. The number of nitrogens with two attached hydrogens (primary N) is 1. The number of nitrogens with zero attached hydrogens (tertiary/aromatic N) is 2. The summed E-state index contributed by atoms with van der Waals surface area (Å²) in [6, 6.07) is 1.34. The van der Waals surface area contributed by atoms with Crippen LogP contribution in [0.15, 0.2) is 0 Å². The Morgan fingerprint density at radius 3 is 2.75 bits per heavy atom. The van der Waals surface area contributed by atoms with Crippen LogP contribution in [0.4, 0.5) is 0 Å². The van der Waals surface area contributed by atoms with Crippen LogP contribution in [0.5, 0.6) is 0 Å². The molecule has 1 aliphatic heterocycles. The molecule has 2 N–H and O–H groups in total. The molecule has 0 aromatic rings. The number of likely N-dealkylation sites (N-methyl/N-ethyl adjacent to an activating group) is 1. The van der Waals surface area contributed by atoms with Crippen molar-refractivity contribution < 1.29 is 0 Å². The van der Waals surface area contributed by atoms with Crippen molar-refractivity contribution in [3.63, 3.8) is 0 Å². The van der Waals surface area contributed by atoms with Gasteiger partial charge in [0.15, 0.2) is 0 Å². The van der Waals surface area contributed by atoms with E-state index in [2.05, 4.69) is 30.2 Å². The highest BCUT2D eigenvalue weighted by molar-refractivity contribution is 7.98. The first-order valence-corrected chi connectivity index (χ1v) is 7.68. The molecule has 1 saturated heterocycles. The van der Waals surface area contributed by atoms with Gasteiger partial charge in [-0.15, -0.1) is 0 Å². The van der Waals surface area contributed by atoms with Crippen LogP contribution in [0.2, 0.25) is 0 Å². The third-order valence-corrected chi connectivity index (χ3v) is 4.30. The van der Waals surface area contributed by atoms with E-state index in [4.69, 9.17) is 5.73 Å². The van der Waals surface area contributed by atoms with Crippen molar-refractivity contribution in [2.45, 2.75) is 31.3 Å². The third kappa shape index (κ3) is 4.24. The van der Waals surface area contributed by atoms with Gasteiger partial charge in [0.1, 0.15) is 0 Å². The molecule has 0 bridgehead atoms. The van der Waals surface area contributed by atoms with Crippen molar-refractivity contribution in [1.82, 2.24) is 9.80 Å². The zero-order chi connectivity index (χ0) is 12.0. The summed E-state index contributed by atoms with van der Waals surface area (Å²) in [5.74, 6) is 1.27. The van der Waals surface area contributed by atoms with E-state index in [1.54, 1.807) is 0 Å². The van der Waals surface area contributed by atoms with Crippen molar-refractivity contribution in [1.29, 1.82) is 0 Å². The largest absolute Gasteiger partial charge is 0.329 e. The Balaban J connectivity index is 2.31. The van der Waals surface area contributed by atoms with Crippen molar-refractivity contribution in [3.05, 3.63) is 0 Å². The highest BCUT2D eigenvalue weighted by Crippen LogP contribution is 2.18. The number of likely N-dealkylation sites (tertiary alicyclic amines) is 1. The average molecular weight is 245 g/mol. The Morgan fingerprint density at radius 1 is 1.50 bits per heavy atom. The number of rotatable bonds is 7. The Bertz CT molecular complexity index is 187. The van der Waals surface area contributed by atoms with Crippen molar-refractivity contribution in [2.24, 2.45) is 5.73 Å². The van der Waals surface area contributed by atoms with E-state index in [1.165, 1.54) is 38.1 Å². The minimum atomic E-state index is 0.608. The van der Waals surface area contributed by atoms with Crippen LogP contribution in [-0.2, 0) is 0 Å². The van der Waals surface area contributed by atoms with Gasteiger partial charge in [0.2, 0.25) is 0 Å². The van der Waals surface area contributed by atoms with Gasteiger partial charge in [0.25, 0.3) is 0 Å². The Kier molecular flexibility index (Phi) is 6.73. The minimum Gasteiger partial charge on any atom is -0.329 e. The number of hydrogen-bond donors (Lipinski definition) is 1. The van der Waals surface area contributed by atoms with E-state index in [-0.39, 0.29) is 0 Å². The topological polar surface area (TPSA) is 32.5 Å². The summed E-state index contributed by atoms with van der Waals surface area (Å²) in [6.45, 7) is 3.24. The molecule has 0 radical (unpaired) electrons. The third-order valence-electron chi connectivity index (χ3n) is 3.60. The van der Waals surface area contributed by atoms with E-state index in [0.29, 0.717) is 6.04 Å². The maximum absolute atomic E-state index is 5.89. The van der Waals surface area contributed by atoms with Gasteiger partial charge >= 0.3 is 0 Å². The smallest absolute Gasteiger partial charge is 0.0229 e. The molecule has 1 rings (SSSR count). The van der Waals surface area contributed by atoms with Crippen molar-refractivity contribution in [2.75, 3.05) is 45.7 Å². The van der Waals surface area contributed by atoms with Gasteiger partial charge in [-0.2, -0.15) is 11.8 Å². The monoisotopic (exact) mass is 245 g/mol. The standard InChI is InChI=1S/C12H27N3S/c1-14(2)12-6-7-15(10-12)11(9-13)5-4-8-16-3/h11-12H,4-10,13H2,1-3H3. The van der Waals surface area contributed by atoms with Gasteiger partial charge in [-0.05, 0) is 45.4 Å². The van der Waals surface area contributed by atoms with Crippen LogP contribution in [0, 0.1) is 0 Å². The predicted octanol–water partition coefficient (Wildman–Crippen LogP) is 1.09. The van der Waals surface area contributed by atoms with E-state index in [9.17, 15) is 0 Å². The molecule has 2 unspecified atom stereocenters. The molecule has 16 heavy (non-hydrogen) atoms. The number of thioether (sulfide) groups is 1. The summed E-state index contributed by atoms with van der Waals surface area (Å²) in [6.07, 6.45) is 6.03. The zero-order valence-electron chi connectivity index (χ0n) is 11.0. The summed E-state index contributed by atoms with van der Waals surface area (Å²) in [4.78, 5) is 4.93. The molecule has 4 heteroatoms. The highest BCUT2D eigenvalue weighted by atomic mass is 32.2. The summed E-state index contributed by atoms with van der Waals surface area (Å²) >= 11 is 1.93. The van der Waals surface area contributed by atoms with E-state index >= 15 is 0 Å². The van der Waals surface area contributed by atoms with Gasteiger partial charge < -0.3 is 10.6 Å². The van der Waals surface area contributed by atoms with E-state index in [0.717, 1.165) is 12.6 Å². The molecule has 1 fully saturated rings. The predicted molar refractivity (Wildman–Crippen MR) is 74.1 cm³/mol. The first kappa shape index (κ1) is 14.3. The van der Waals surface area contributed by atoms with Crippen molar-refractivity contribution in [3.8, 4) is 0 Å². The zero-order valence-corrected chi connectivity index (χ0v) is 11.8. The van der Waals surface area contributed by atoms with Crippen LogP contribution in [0.3, 0.4) is 0 Å². The summed E-state index contributed by atoms with van der Waals surface area (Å²) in [7, 11) is 4.36. The van der Waals surface area contributed by atoms with Gasteiger partial charge in [-0.1, -0.05) is 0 Å². The van der Waals surface area contributed by atoms with Crippen LogP contribution in [0.1, 0.15) is 19.3 Å². The SMILES string of the molecule is CSCCCC(CN)N1CCC(N(C)C)C1.